The zero-order valence-corrected chi connectivity index (χ0v) is 15.6. The molecule has 5 nitrogen and oxygen atoms in total. The van der Waals surface area contributed by atoms with Crippen LogP contribution in [0.3, 0.4) is 0 Å². The van der Waals surface area contributed by atoms with Gasteiger partial charge in [0.1, 0.15) is 11.5 Å². The molecule has 0 N–H and O–H groups in total. The number of hydrogen-bond donors (Lipinski definition) is 0. The van der Waals surface area contributed by atoms with Gasteiger partial charge in [-0.2, -0.15) is 0 Å². The summed E-state index contributed by atoms with van der Waals surface area (Å²) in [5.41, 5.74) is 2.98. The van der Waals surface area contributed by atoms with Gasteiger partial charge in [-0.15, -0.1) is 0 Å². The third-order valence-corrected chi connectivity index (χ3v) is 4.72. The number of anilines is 1. The number of rotatable bonds is 6. The molecule has 2 aromatic heterocycles. The lowest BCUT2D eigenvalue weighted by molar-refractivity contribution is 0.115. The fourth-order valence-corrected chi connectivity index (χ4v) is 3.40. The van der Waals surface area contributed by atoms with Gasteiger partial charge in [0.2, 0.25) is 0 Å². The van der Waals surface area contributed by atoms with Gasteiger partial charge in [0.25, 0.3) is 0 Å². The maximum atomic E-state index is 5.89. The van der Waals surface area contributed by atoms with Crippen molar-refractivity contribution < 1.29 is 4.74 Å². The third-order valence-electron chi connectivity index (χ3n) is 4.72. The van der Waals surface area contributed by atoms with Crippen molar-refractivity contribution in [1.82, 2.24) is 15.0 Å². The number of aromatic nitrogens is 3. The molecule has 4 rings (SSSR count). The molecule has 1 aliphatic rings. The van der Waals surface area contributed by atoms with Crippen LogP contribution in [0, 0.1) is 6.92 Å². The molecule has 5 heteroatoms. The van der Waals surface area contributed by atoms with Crippen LogP contribution in [0.1, 0.15) is 24.1 Å². The van der Waals surface area contributed by atoms with E-state index in [0.717, 1.165) is 49.7 Å². The minimum atomic E-state index is 0.252. The molecule has 3 aromatic rings. The number of nitrogens with zero attached hydrogens (tertiary/aromatic N) is 4. The highest BCUT2D eigenvalue weighted by molar-refractivity contribution is 5.54. The molecule has 1 saturated heterocycles. The molecular weight excluding hydrogens is 336 g/mol. The summed E-state index contributed by atoms with van der Waals surface area (Å²) in [6, 6.07) is 18.3. The zero-order chi connectivity index (χ0) is 18.5. The van der Waals surface area contributed by atoms with Crippen LogP contribution in [-0.4, -0.2) is 34.2 Å². The lowest BCUT2D eigenvalue weighted by atomic mass is 10.1. The van der Waals surface area contributed by atoms with Crippen LogP contribution >= 0.6 is 0 Å². The Hall–Kier alpha value is -2.79. The molecule has 0 saturated carbocycles. The Morgan fingerprint density at radius 2 is 1.93 bits per heavy atom. The maximum Gasteiger partial charge on any atom is 0.180 e. The zero-order valence-electron chi connectivity index (χ0n) is 15.6. The summed E-state index contributed by atoms with van der Waals surface area (Å²) in [4.78, 5) is 16.1. The highest BCUT2D eigenvalue weighted by Gasteiger charge is 2.21. The summed E-state index contributed by atoms with van der Waals surface area (Å²) in [6.07, 6.45) is 4.26. The monoisotopic (exact) mass is 360 g/mol. The molecule has 1 aliphatic heterocycles. The smallest absolute Gasteiger partial charge is 0.180 e. The quantitative estimate of drug-likeness (QED) is 0.664. The molecule has 0 bridgehead atoms. The highest BCUT2D eigenvalue weighted by atomic mass is 16.5. The van der Waals surface area contributed by atoms with Gasteiger partial charge in [0.05, 0.1) is 6.10 Å². The summed E-state index contributed by atoms with van der Waals surface area (Å²) in [6.45, 7) is 4.47. The first kappa shape index (κ1) is 17.6. The van der Waals surface area contributed by atoms with Crippen LogP contribution < -0.4 is 4.90 Å². The van der Waals surface area contributed by atoms with Gasteiger partial charge in [0, 0.05) is 37.7 Å². The number of pyridine rings is 1. The first-order valence-electron chi connectivity index (χ1n) is 9.45. The number of ether oxygens (including phenoxy) is 1. The average Bonchev–Trinajstić information content (AvgIpc) is 3.22. The maximum absolute atomic E-state index is 5.89. The second kappa shape index (κ2) is 8.27. The Bertz CT molecular complexity index is 864. The Balaban J connectivity index is 1.66. The highest BCUT2D eigenvalue weighted by Crippen LogP contribution is 2.23. The fourth-order valence-electron chi connectivity index (χ4n) is 3.40. The van der Waals surface area contributed by atoms with E-state index in [1.807, 2.05) is 37.3 Å². The van der Waals surface area contributed by atoms with Crippen LogP contribution in [0.4, 0.5) is 5.82 Å². The summed E-state index contributed by atoms with van der Waals surface area (Å²) in [5, 5.41) is 0. The lowest BCUT2D eigenvalue weighted by Crippen LogP contribution is -2.32. The van der Waals surface area contributed by atoms with Crippen molar-refractivity contribution in [3.63, 3.8) is 0 Å². The van der Waals surface area contributed by atoms with Gasteiger partial charge < -0.3 is 9.64 Å². The topological polar surface area (TPSA) is 51.1 Å². The number of benzene rings is 1. The van der Waals surface area contributed by atoms with Gasteiger partial charge in [0.15, 0.2) is 5.82 Å². The lowest BCUT2D eigenvalue weighted by Gasteiger charge is -2.27. The van der Waals surface area contributed by atoms with Crippen LogP contribution in [0.5, 0.6) is 0 Å². The number of aryl methyl sites for hydroxylation is 1. The van der Waals surface area contributed by atoms with Crippen LogP contribution in [0.25, 0.3) is 11.5 Å². The number of hydrogen-bond acceptors (Lipinski definition) is 5. The molecule has 0 spiro atoms. The van der Waals surface area contributed by atoms with E-state index in [1.54, 1.807) is 6.20 Å². The Kier molecular flexibility index (Phi) is 5.39. The molecule has 0 amide bonds. The van der Waals surface area contributed by atoms with E-state index in [2.05, 4.69) is 39.1 Å². The van der Waals surface area contributed by atoms with E-state index < -0.39 is 0 Å². The second-order valence-corrected chi connectivity index (χ2v) is 6.91. The van der Waals surface area contributed by atoms with Crippen LogP contribution in [0.15, 0.2) is 60.8 Å². The fraction of sp³-hybridized carbons (Fsp3) is 0.318. The molecule has 1 fully saturated rings. The van der Waals surface area contributed by atoms with Gasteiger partial charge in [-0.1, -0.05) is 36.4 Å². The van der Waals surface area contributed by atoms with E-state index >= 15 is 0 Å². The van der Waals surface area contributed by atoms with Crippen molar-refractivity contribution in [3.8, 4) is 11.5 Å². The Morgan fingerprint density at radius 3 is 2.67 bits per heavy atom. The summed E-state index contributed by atoms with van der Waals surface area (Å²) in [5.74, 6) is 1.58. The van der Waals surface area contributed by atoms with E-state index in [4.69, 9.17) is 9.72 Å². The first-order chi connectivity index (χ1) is 13.3. The molecular formula is C22H24N4O. The molecule has 3 heterocycles. The van der Waals surface area contributed by atoms with Crippen molar-refractivity contribution in [2.24, 2.45) is 0 Å². The van der Waals surface area contributed by atoms with E-state index in [9.17, 15) is 0 Å². The standard InChI is InChI=1S/C22H24N4O/c1-17-14-21(25-22(24-17)20-11-5-6-12-23-20)26(16-19-10-7-13-27-19)15-18-8-3-2-4-9-18/h2-6,8-9,11-12,14,19H,7,10,13,15-16H2,1H3/t19-/m0/s1. The summed E-state index contributed by atoms with van der Waals surface area (Å²) >= 11 is 0. The van der Waals surface area contributed by atoms with Crippen molar-refractivity contribution in [1.29, 1.82) is 0 Å². The molecule has 27 heavy (non-hydrogen) atoms. The minimum absolute atomic E-state index is 0.252. The van der Waals surface area contributed by atoms with Crippen LogP contribution in [-0.2, 0) is 11.3 Å². The van der Waals surface area contributed by atoms with E-state index in [-0.39, 0.29) is 6.10 Å². The van der Waals surface area contributed by atoms with Crippen molar-refractivity contribution in [2.45, 2.75) is 32.4 Å². The van der Waals surface area contributed by atoms with Crippen molar-refractivity contribution in [3.05, 3.63) is 72.1 Å². The molecule has 0 radical (unpaired) electrons. The SMILES string of the molecule is Cc1cc(N(Cc2ccccc2)C[C@@H]2CCCO2)nc(-c2ccccn2)n1. The van der Waals surface area contributed by atoms with Crippen molar-refractivity contribution in [2.75, 3.05) is 18.1 Å². The predicted molar refractivity (Wildman–Crippen MR) is 106 cm³/mol. The first-order valence-corrected chi connectivity index (χ1v) is 9.45. The minimum Gasteiger partial charge on any atom is -0.376 e. The Labute approximate surface area is 160 Å². The van der Waals surface area contributed by atoms with Gasteiger partial charge in [-0.3, -0.25) is 4.98 Å². The summed E-state index contributed by atoms with van der Waals surface area (Å²) in [7, 11) is 0. The molecule has 1 aromatic carbocycles. The van der Waals surface area contributed by atoms with E-state index in [1.165, 1.54) is 5.56 Å². The third kappa shape index (κ3) is 4.49. The second-order valence-electron chi connectivity index (χ2n) is 6.91. The van der Waals surface area contributed by atoms with Gasteiger partial charge >= 0.3 is 0 Å². The average molecular weight is 360 g/mol. The Morgan fingerprint density at radius 1 is 1.07 bits per heavy atom. The normalized spacial score (nSPS) is 16.4. The molecule has 138 valence electrons. The molecule has 0 aliphatic carbocycles. The molecule has 0 unspecified atom stereocenters. The molecule has 1 atom stereocenters. The van der Waals surface area contributed by atoms with Crippen molar-refractivity contribution >= 4 is 5.82 Å². The van der Waals surface area contributed by atoms with Gasteiger partial charge in [-0.25, -0.2) is 9.97 Å². The predicted octanol–water partition coefficient (Wildman–Crippen LogP) is 4.03. The van der Waals surface area contributed by atoms with Gasteiger partial charge in [-0.05, 0) is 37.5 Å². The summed E-state index contributed by atoms with van der Waals surface area (Å²) < 4.78 is 5.89. The van der Waals surface area contributed by atoms with Crippen LogP contribution in [0.2, 0.25) is 0 Å². The largest absolute Gasteiger partial charge is 0.376 e. The van der Waals surface area contributed by atoms with E-state index in [0.29, 0.717) is 5.82 Å².